The van der Waals surface area contributed by atoms with Gasteiger partial charge in [-0.2, -0.15) is 0 Å². The molecule has 2 aliphatic rings. The third-order valence-electron chi connectivity index (χ3n) is 4.96. The molecule has 0 aliphatic carbocycles. The Morgan fingerprint density at radius 1 is 1.29 bits per heavy atom. The maximum absolute atomic E-state index is 11.0. The van der Waals surface area contributed by atoms with Gasteiger partial charge in [-0.05, 0) is 51.3 Å². The molecule has 0 aromatic carbocycles. The van der Waals surface area contributed by atoms with Crippen LogP contribution in [0.15, 0.2) is 18.2 Å². The van der Waals surface area contributed by atoms with E-state index in [0.717, 1.165) is 56.8 Å². The van der Waals surface area contributed by atoms with Crippen LogP contribution in [-0.4, -0.2) is 52.7 Å². The van der Waals surface area contributed by atoms with E-state index in [-0.39, 0.29) is 12.1 Å². The van der Waals surface area contributed by atoms with Crippen molar-refractivity contribution in [2.24, 2.45) is 0 Å². The summed E-state index contributed by atoms with van der Waals surface area (Å²) in [6.45, 7) is 5.05. The molecular formula is C16H23N3O2. The first-order chi connectivity index (χ1) is 10.1. The fraction of sp³-hybridized carbons (Fsp3) is 0.625. The molecule has 0 amide bonds. The van der Waals surface area contributed by atoms with E-state index in [1.807, 2.05) is 19.1 Å². The predicted octanol–water partition coefficient (Wildman–Crippen LogP) is 1.91. The standard InChI is InChI=1S/C16H23N3O2/c1-13-4-2-5-14(17-13)18-10-7-16(8-11-18)6-3-9-19(16)12-15(20)21/h2,4-5H,3,6-12H2,1H3,(H,20,21). The number of aryl methyl sites for hydroxylation is 1. The Balaban J connectivity index is 1.68. The lowest BCUT2D eigenvalue weighted by atomic mass is 9.85. The average molecular weight is 289 g/mol. The van der Waals surface area contributed by atoms with E-state index in [1.165, 1.54) is 0 Å². The van der Waals surface area contributed by atoms with Gasteiger partial charge >= 0.3 is 5.97 Å². The summed E-state index contributed by atoms with van der Waals surface area (Å²) in [6, 6.07) is 6.13. The molecule has 1 N–H and O–H groups in total. The van der Waals surface area contributed by atoms with Gasteiger partial charge in [-0.1, -0.05) is 6.07 Å². The number of nitrogens with zero attached hydrogens (tertiary/aromatic N) is 3. The van der Waals surface area contributed by atoms with Crippen LogP contribution < -0.4 is 4.90 Å². The molecule has 1 aromatic heterocycles. The van der Waals surface area contributed by atoms with Crippen LogP contribution in [-0.2, 0) is 4.79 Å². The molecule has 0 atom stereocenters. The van der Waals surface area contributed by atoms with Gasteiger partial charge in [0.1, 0.15) is 5.82 Å². The van der Waals surface area contributed by atoms with Crippen LogP contribution in [0, 0.1) is 6.92 Å². The van der Waals surface area contributed by atoms with E-state index in [2.05, 4.69) is 20.9 Å². The van der Waals surface area contributed by atoms with Gasteiger partial charge in [0.2, 0.25) is 0 Å². The van der Waals surface area contributed by atoms with Gasteiger partial charge < -0.3 is 10.0 Å². The molecule has 1 spiro atoms. The van der Waals surface area contributed by atoms with Gasteiger partial charge in [0.25, 0.3) is 0 Å². The highest BCUT2D eigenvalue weighted by atomic mass is 16.4. The van der Waals surface area contributed by atoms with Gasteiger partial charge in [-0.15, -0.1) is 0 Å². The number of anilines is 1. The molecule has 0 unspecified atom stereocenters. The zero-order valence-corrected chi connectivity index (χ0v) is 12.6. The first-order valence-corrected chi connectivity index (χ1v) is 7.75. The molecular weight excluding hydrogens is 266 g/mol. The number of carbonyl (C=O) groups is 1. The second-order valence-electron chi connectivity index (χ2n) is 6.27. The summed E-state index contributed by atoms with van der Waals surface area (Å²) in [5.74, 6) is 0.340. The van der Waals surface area contributed by atoms with E-state index < -0.39 is 5.97 Å². The second kappa shape index (κ2) is 5.64. The van der Waals surface area contributed by atoms with Crippen LogP contribution in [0.25, 0.3) is 0 Å². The van der Waals surface area contributed by atoms with Crippen molar-refractivity contribution in [1.82, 2.24) is 9.88 Å². The van der Waals surface area contributed by atoms with E-state index >= 15 is 0 Å². The number of aliphatic carboxylic acids is 1. The summed E-state index contributed by atoms with van der Waals surface area (Å²) >= 11 is 0. The topological polar surface area (TPSA) is 56.7 Å². The monoisotopic (exact) mass is 289 g/mol. The van der Waals surface area contributed by atoms with Crippen molar-refractivity contribution in [1.29, 1.82) is 0 Å². The fourth-order valence-electron chi connectivity index (χ4n) is 3.83. The third-order valence-corrected chi connectivity index (χ3v) is 4.96. The molecule has 3 heterocycles. The highest BCUT2D eigenvalue weighted by Crippen LogP contribution is 2.38. The van der Waals surface area contributed by atoms with Crippen molar-refractivity contribution in [2.45, 2.75) is 38.1 Å². The quantitative estimate of drug-likeness (QED) is 0.921. The molecule has 2 aliphatic heterocycles. The first kappa shape index (κ1) is 14.3. The van der Waals surface area contributed by atoms with E-state index in [1.54, 1.807) is 0 Å². The number of likely N-dealkylation sites (tertiary alicyclic amines) is 1. The van der Waals surface area contributed by atoms with Gasteiger partial charge in [-0.3, -0.25) is 9.69 Å². The minimum Gasteiger partial charge on any atom is -0.480 e. The number of carboxylic acid groups (broad SMARTS) is 1. The molecule has 5 nitrogen and oxygen atoms in total. The normalized spacial score (nSPS) is 21.9. The zero-order valence-electron chi connectivity index (χ0n) is 12.6. The molecule has 2 fully saturated rings. The van der Waals surface area contributed by atoms with Gasteiger partial charge in [-0.25, -0.2) is 4.98 Å². The van der Waals surface area contributed by atoms with Crippen LogP contribution >= 0.6 is 0 Å². The molecule has 21 heavy (non-hydrogen) atoms. The highest BCUT2D eigenvalue weighted by Gasteiger charge is 2.43. The lowest BCUT2D eigenvalue weighted by Crippen LogP contribution is -2.53. The number of hydrogen-bond donors (Lipinski definition) is 1. The van der Waals surface area contributed by atoms with Crippen LogP contribution in [0.1, 0.15) is 31.4 Å². The summed E-state index contributed by atoms with van der Waals surface area (Å²) in [4.78, 5) is 20.2. The van der Waals surface area contributed by atoms with Crippen molar-refractivity contribution in [3.8, 4) is 0 Å². The first-order valence-electron chi connectivity index (χ1n) is 7.75. The Bertz CT molecular complexity index is 524. The van der Waals surface area contributed by atoms with Crippen LogP contribution in [0.3, 0.4) is 0 Å². The minimum atomic E-state index is -0.709. The molecule has 2 saturated heterocycles. The van der Waals surface area contributed by atoms with E-state index in [0.29, 0.717) is 0 Å². The minimum absolute atomic E-state index is 0.110. The number of pyridine rings is 1. The van der Waals surface area contributed by atoms with Crippen molar-refractivity contribution in [2.75, 3.05) is 31.1 Å². The Hall–Kier alpha value is -1.62. The maximum Gasteiger partial charge on any atom is 0.317 e. The average Bonchev–Trinajstić information content (AvgIpc) is 2.82. The Morgan fingerprint density at radius 2 is 2.05 bits per heavy atom. The molecule has 0 radical (unpaired) electrons. The second-order valence-corrected chi connectivity index (χ2v) is 6.27. The van der Waals surface area contributed by atoms with Gasteiger partial charge in [0.15, 0.2) is 0 Å². The SMILES string of the molecule is Cc1cccc(N2CCC3(CCCN3CC(=O)O)CC2)n1. The smallest absolute Gasteiger partial charge is 0.317 e. The van der Waals surface area contributed by atoms with Crippen LogP contribution in [0.4, 0.5) is 5.82 Å². The fourth-order valence-corrected chi connectivity index (χ4v) is 3.83. The Kier molecular flexibility index (Phi) is 3.85. The third kappa shape index (κ3) is 2.88. The van der Waals surface area contributed by atoms with Crippen molar-refractivity contribution < 1.29 is 9.90 Å². The van der Waals surface area contributed by atoms with Crippen LogP contribution in [0.2, 0.25) is 0 Å². The van der Waals surface area contributed by atoms with Gasteiger partial charge in [0, 0.05) is 24.3 Å². The lowest BCUT2D eigenvalue weighted by molar-refractivity contribution is -0.139. The number of aromatic nitrogens is 1. The summed E-state index contributed by atoms with van der Waals surface area (Å²) in [5, 5.41) is 9.09. The Morgan fingerprint density at radius 3 is 2.71 bits per heavy atom. The maximum atomic E-state index is 11.0. The van der Waals surface area contributed by atoms with E-state index in [9.17, 15) is 4.79 Å². The number of hydrogen-bond acceptors (Lipinski definition) is 4. The van der Waals surface area contributed by atoms with Gasteiger partial charge in [0.05, 0.1) is 6.54 Å². The number of carboxylic acids is 1. The molecule has 5 heteroatoms. The summed E-state index contributed by atoms with van der Waals surface area (Å²) in [5.41, 5.74) is 1.15. The summed E-state index contributed by atoms with van der Waals surface area (Å²) < 4.78 is 0. The number of rotatable bonds is 3. The largest absolute Gasteiger partial charge is 0.480 e. The molecule has 1 aromatic rings. The highest BCUT2D eigenvalue weighted by molar-refractivity contribution is 5.69. The predicted molar refractivity (Wildman–Crippen MR) is 81.6 cm³/mol. The van der Waals surface area contributed by atoms with E-state index in [4.69, 9.17) is 5.11 Å². The number of piperidine rings is 1. The molecule has 114 valence electrons. The molecule has 0 saturated carbocycles. The summed E-state index contributed by atoms with van der Waals surface area (Å²) in [6.07, 6.45) is 4.33. The molecule has 0 bridgehead atoms. The van der Waals surface area contributed by atoms with Crippen LogP contribution in [0.5, 0.6) is 0 Å². The zero-order chi connectivity index (χ0) is 14.9. The molecule has 3 rings (SSSR count). The van der Waals surface area contributed by atoms with Crippen molar-refractivity contribution in [3.05, 3.63) is 23.9 Å². The Labute approximate surface area is 125 Å². The lowest BCUT2D eigenvalue weighted by Gasteiger charge is -2.45. The van der Waals surface area contributed by atoms with Crippen molar-refractivity contribution in [3.63, 3.8) is 0 Å². The summed E-state index contributed by atoms with van der Waals surface area (Å²) in [7, 11) is 0. The van der Waals surface area contributed by atoms with Crippen molar-refractivity contribution >= 4 is 11.8 Å².